The van der Waals surface area contributed by atoms with E-state index in [2.05, 4.69) is 10.3 Å². The number of benzene rings is 1. The van der Waals surface area contributed by atoms with Gasteiger partial charge in [-0.2, -0.15) is 8.42 Å². The van der Waals surface area contributed by atoms with Gasteiger partial charge in [-0.05, 0) is 36.2 Å². The van der Waals surface area contributed by atoms with Crippen LogP contribution in [0.1, 0.15) is 11.1 Å². The summed E-state index contributed by atoms with van der Waals surface area (Å²) in [7, 11) is -4.20. The van der Waals surface area contributed by atoms with Crippen LogP contribution in [0, 0.1) is 12.7 Å². The molecule has 0 unspecified atom stereocenters. The number of pyridine rings is 1. The highest BCUT2D eigenvalue weighted by molar-refractivity contribution is 7.92. The Morgan fingerprint density at radius 3 is 2.80 bits per heavy atom. The molecule has 25 heavy (non-hydrogen) atoms. The second-order valence-corrected chi connectivity index (χ2v) is 7.10. The summed E-state index contributed by atoms with van der Waals surface area (Å²) < 4.78 is 40.2. The van der Waals surface area contributed by atoms with Crippen molar-refractivity contribution < 1.29 is 22.7 Å². The van der Waals surface area contributed by atoms with Crippen molar-refractivity contribution in [3.8, 4) is 5.75 Å². The van der Waals surface area contributed by atoms with E-state index in [4.69, 9.17) is 0 Å². The summed E-state index contributed by atoms with van der Waals surface area (Å²) in [6.07, 6.45) is 1.61. The Hall–Kier alpha value is -2.88. The standard InChI is InChI=1S/C15H15FN4O4S/c1-9-3-2-4-17-15(9)18-7-10-5-11(16)14(12(21)6-10)20-8-13(22)19-25(20,23)24/h2-6,21H,7-8H2,1H3,(H,17,18)(H,19,22). The van der Waals surface area contributed by atoms with Crippen LogP contribution in [0.25, 0.3) is 0 Å². The van der Waals surface area contributed by atoms with Gasteiger partial charge in [-0.25, -0.2) is 18.4 Å². The van der Waals surface area contributed by atoms with Gasteiger partial charge in [-0.15, -0.1) is 0 Å². The lowest BCUT2D eigenvalue weighted by Crippen LogP contribution is -2.30. The minimum atomic E-state index is -4.20. The number of aryl methyl sites for hydroxylation is 1. The quantitative estimate of drug-likeness (QED) is 0.745. The van der Waals surface area contributed by atoms with Gasteiger partial charge in [0, 0.05) is 12.7 Å². The molecule has 3 N–H and O–H groups in total. The number of carbonyl (C=O) groups excluding carboxylic acids is 1. The Balaban J connectivity index is 1.86. The van der Waals surface area contributed by atoms with E-state index >= 15 is 0 Å². The lowest BCUT2D eigenvalue weighted by atomic mass is 10.1. The van der Waals surface area contributed by atoms with E-state index in [1.54, 1.807) is 17.0 Å². The fourth-order valence-corrected chi connectivity index (χ4v) is 3.66. The van der Waals surface area contributed by atoms with E-state index in [0.717, 1.165) is 11.6 Å². The van der Waals surface area contributed by atoms with Gasteiger partial charge >= 0.3 is 10.2 Å². The monoisotopic (exact) mass is 366 g/mol. The fraction of sp³-hybridized carbons (Fsp3) is 0.200. The molecule has 1 fully saturated rings. The van der Waals surface area contributed by atoms with Crippen molar-refractivity contribution in [3.63, 3.8) is 0 Å². The maximum absolute atomic E-state index is 14.4. The van der Waals surface area contributed by atoms with Crippen LogP contribution in [0.3, 0.4) is 0 Å². The third-order valence-electron chi connectivity index (χ3n) is 3.64. The second kappa shape index (κ2) is 6.20. The number of aromatic nitrogens is 1. The number of anilines is 2. The number of hydrogen-bond donors (Lipinski definition) is 3. The topological polar surface area (TPSA) is 112 Å². The molecule has 132 valence electrons. The van der Waals surface area contributed by atoms with Crippen molar-refractivity contribution in [2.75, 3.05) is 16.2 Å². The maximum Gasteiger partial charge on any atom is 0.326 e. The lowest BCUT2D eigenvalue weighted by Gasteiger charge is -2.18. The van der Waals surface area contributed by atoms with Crippen molar-refractivity contribution in [3.05, 3.63) is 47.4 Å². The number of rotatable bonds is 4. The highest BCUT2D eigenvalue weighted by atomic mass is 32.2. The van der Waals surface area contributed by atoms with Gasteiger partial charge in [0.15, 0.2) is 5.82 Å². The van der Waals surface area contributed by atoms with E-state index in [1.165, 1.54) is 6.07 Å². The zero-order valence-electron chi connectivity index (χ0n) is 13.2. The fourth-order valence-electron chi connectivity index (χ4n) is 2.49. The van der Waals surface area contributed by atoms with Crippen molar-refractivity contribution in [1.82, 2.24) is 9.71 Å². The molecule has 0 aliphatic carbocycles. The molecule has 0 radical (unpaired) electrons. The molecule has 2 aromatic rings. The highest BCUT2D eigenvalue weighted by Crippen LogP contribution is 2.34. The molecule has 0 spiro atoms. The predicted octanol–water partition coefficient (Wildman–Crippen LogP) is 1.03. The molecule has 1 amide bonds. The Labute approximate surface area is 143 Å². The summed E-state index contributed by atoms with van der Waals surface area (Å²) in [6, 6.07) is 5.98. The van der Waals surface area contributed by atoms with Crippen LogP contribution in [0.15, 0.2) is 30.5 Å². The Kier molecular flexibility index (Phi) is 4.21. The molecule has 2 heterocycles. The molecule has 0 saturated carbocycles. The smallest absolute Gasteiger partial charge is 0.326 e. The molecule has 8 nitrogen and oxygen atoms in total. The zero-order valence-corrected chi connectivity index (χ0v) is 14.0. The molecule has 0 atom stereocenters. The first kappa shape index (κ1) is 17.0. The summed E-state index contributed by atoms with van der Waals surface area (Å²) in [5, 5.41) is 13.1. The number of phenolic OH excluding ortho intramolecular Hbond substituents is 1. The minimum absolute atomic E-state index is 0.173. The molecule has 1 aromatic heterocycles. The van der Waals surface area contributed by atoms with Crippen LogP contribution in [0.4, 0.5) is 15.9 Å². The molecule has 1 aliphatic rings. The van der Waals surface area contributed by atoms with Crippen molar-refractivity contribution in [2.45, 2.75) is 13.5 Å². The number of phenols is 1. The molecule has 3 rings (SSSR count). The second-order valence-electron chi connectivity index (χ2n) is 5.50. The highest BCUT2D eigenvalue weighted by Gasteiger charge is 2.37. The summed E-state index contributed by atoms with van der Waals surface area (Å²) in [5.74, 6) is -1.71. The maximum atomic E-state index is 14.4. The SMILES string of the molecule is Cc1cccnc1NCc1cc(O)c(N2CC(=O)NS2(=O)=O)c(F)c1. The number of amides is 1. The molecular weight excluding hydrogens is 351 g/mol. The van der Waals surface area contributed by atoms with Gasteiger partial charge in [0.1, 0.15) is 23.8 Å². The number of nitrogens with zero attached hydrogens (tertiary/aromatic N) is 2. The van der Waals surface area contributed by atoms with Crippen LogP contribution in [0.2, 0.25) is 0 Å². The zero-order chi connectivity index (χ0) is 18.2. The summed E-state index contributed by atoms with van der Waals surface area (Å²) >= 11 is 0. The Bertz CT molecular complexity index is 925. The molecule has 0 bridgehead atoms. The largest absolute Gasteiger partial charge is 0.506 e. The molecule has 1 aliphatic heterocycles. The van der Waals surface area contributed by atoms with Gasteiger partial charge in [-0.1, -0.05) is 6.07 Å². The van der Waals surface area contributed by atoms with Crippen LogP contribution in [-0.4, -0.2) is 31.0 Å². The van der Waals surface area contributed by atoms with Gasteiger partial charge < -0.3 is 10.4 Å². The van der Waals surface area contributed by atoms with Crippen LogP contribution in [0.5, 0.6) is 5.75 Å². The summed E-state index contributed by atoms with van der Waals surface area (Å²) in [6.45, 7) is 1.45. The van der Waals surface area contributed by atoms with Gasteiger partial charge in [0.05, 0.1) is 0 Å². The third-order valence-corrected chi connectivity index (χ3v) is 5.02. The first-order valence-electron chi connectivity index (χ1n) is 7.28. The average molecular weight is 366 g/mol. The van der Waals surface area contributed by atoms with Crippen LogP contribution < -0.4 is 14.3 Å². The Morgan fingerprint density at radius 1 is 1.44 bits per heavy atom. The summed E-state index contributed by atoms with van der Waals surface area (Å²) in [4.78, 5) is 15.4. The normalized spacial score (nSPS) is 15.9. The number of nitrogens with one attached hydrogen (secondary N) is 2. The van der Waals surface area contributed by atoms with Crippen molar-refractivity contribution in [1.29, 1.82) is 0 Å². The molecule has 10 heteroatoms. The molecule has 1 aromatic carbocycles. The predicted molar refractivity (Wildman–Crippen MR) is 88.8 cm³/mol. The average Bonchev–Trinajstić information content (AvgIpc) is 2.78. The van der Waals surface area contributed by atoms with Gasteiger partial charge in [0.2, 0.25) is 0 Å². The minimum Gasteiger partial charge on any atom is -0.506 e. The molecular formula is C15H15FN4O4S. The Morgan fingerprint density at radius 2 is 2.20 bits per heavy atom. The van der Waals surface area contributed by atoms with E-state index in [9.17, 15) is 22.7 Å². The van der Waals surface area contributed by atoms with Crippen molar-refractivity contribution in [2.24, 2.45) is 0 Å². The van der Waals surface area contributed by atoms with E-state index in [1.807, 2.05) is 13.0 Å². The molecule has 1 saturated heterocycles. The number of aromatic hydroxyl groups is 1. The first-order chi connectivity index (χ1) is 11.8. The third kappa shape index (κ3) is 3.33. The van der Waals surface area contributed by atoms with E-state index < -0.39 is 39.9 Å². The summed E-state index contributed by atoms with van der Waals surface area (Å²) in [5.41, 5.74) is 0.729. The van der Waals surface area contributed by atoms with Gasteiger partial charge in [-0.3, -0.25) is 4.79 Å². The lowest BCUT2D eigenvalue weighted by molar-refractivity contribution is -0.117. The van der Waals surface area contributed by atoms with Crippen LogP contribution in [-0.2, 0) is 21.5 Å². The van der Waals surface area contributed by atoms with E-state index in [-0.39, 0.29) is 6.54 Å². The number of halogens is 1. The van der Waals surface area contributed by atoms with Crippen LogP contribution >= 0.6 is 0 Å². The van der Waals surface area contributed by atoms with E-state index in [0.29, 0.717) is 15.7 Å². The van der Waals surface area contributed by atoms with Gasteiger partial charge in [0.25, 0.3) is 5.91 Å². The first-order valence-corrected chi connectivity index (χ1v) is 8.72. The number of hydrogen-bond acceptors (Lipinski definition) is 6. The number of carbonyl (C=O) groups is 1. The van der Waals surface area contributed by atoms with Crippen molar-refractivity contribution >= 4 is 27.6 Å².